The standard InChI is InChI=1S/C28H32O8/c1-3-5-7-11-15-33-27(31)35-19-17-22-24(26(30)21-14-10-9-13-20(21)25(22)29)23(18-19)36-28(32)34-16-12-8-6-4-2/h9-10,13-14,17-18H,3-8,11-12,15-16H2,1-2H3. The number of hydrogen-bond donors (Lipinski definition) is 0. The molecule has 0 saturated carbocycles. The fourth-order valence-electron chi connectivity index (χ4n) is 3.92. The first-order valence-electron chi connectivity index (χ1n) is 12.5. The molecule has 0 heterocycles. The molecular formula is C28H32O8. The zero-order valence-electron chi connectivity index (χ0n) is 20.8. The Hall–Kier alpha value is -3.68. The Labute approximate surface area is 210 Å². The summed E-state index contributed by atoms with van der Waals surface area (Å²) in [5, 5.41) is 0. The van der Waals surface area contributed by atoms with E-state index in [1.807, 2.05) is 0 Å². The van der Waals surface area contributed by atoms with E-state index < -0.39 is 23.9 Å². The maximum absolute atomic E-state index is 13.2. The molecular weight excluding hydrogens is 464 g/mol. The Kier molecular flexibility index (Phi) is 10.0. The Balaban J connectivity index is 1.81. The summed E-state index contributed by atoms with van der Waals surface area (Å²) in [5.74, 6) is -1.23. The summed E-state index contributed by atoms with van der Waals surface area (Å²) in [7, 11) is 0. The van der Waals surface area contributed by atoms with E-state index in [9.17, 15) is 19.2 Å². The van der Waals surface area contributed by atoms with Gasteiger partial charge in [0.1, 0.15) is 11.5 Å². The van der Waals surface area contributed by atoms with Crippen LogP contribution < -0.4 is 9.47 Å². The van der Waals surface area contributed by atoms with Crippen molar-refractivity contribution in [2.75, 3.05) is 13.2 Å². The van der Waals surface area contributed by atoms with Crippen molar-refractivity contribution in [3.63, 3.8) is 0 Å². The third kappa shape index (κ3) is 6.93. The zero-order valence-corrected chi connectivity index (χ0v) is 20.8. The number of benzene rings is 2. The van der Waals surface area contributed by atoms with Gasteiger partial charge in [-0.1, -0.05) is 76.6 Å². The predicted octanol–water partition coefficient (Wildman–Crippen LogP) is 6.65. The highest BCUT2D eigenvalue weighted by molar-refractivity contribution is 6.29. The van der Waals surface area contributed by atoms with Gasteiger partial charge in [0.25, 0.3) is 0 Å². The summed E-state index contributed by atoms with van der Waals surface area (Å²) in [5.41, 5.74) is 0.308. The molecule has 36 heavy (non-hydrogen) atoms. The van der Waals surface area contributed by atoms with Gasteiger partial charge in [0, 0.05) is 22.8 Å². The molecule has 0 atom stereocenters. The number of carbonyl (C=O) groups excluding carboxylic acids is 4. The van der Waals surface area contributed by atoms with Gasteiger partial charge < -0.3 is 18.9 Å². The maximum Gasteiger partial charge on any atom is 0.513 e. The van der Waals surface area contributed by atoms with Gasteiger partial charge in [-0.05, 0) is 18.9 Å². The average molecular weight is 497 g/mol. The van der Waals surface area contributed by atoms with Gasteiger partial charge in [-0.15, -0.1) is 0 Å². The lowest BCUT2D eigenvalue weighted by Crippen LogP contribution is -2.23. The third-order valence-corrected chi connectivity index (χ3v) is 5.79. The Bertz CT molecular complexity index is 1100. The lowest BCUT2D eigenvalue weighted by atomic mass is 9.83. The van der Waals surface area contributed by atoms with Gasteiger partial charge >= 0.3 is 12.3 Å². The molecule has 8 nitrogen and oxygen atoms in total. The van der Waals surface area contributed by atoms with Crippen LogP contribution in [0.5, 0.6) is 11.5 Å². The molecule has 0 spiro atoms. The highest BCUT2D eigenvalue weighted by Gasteiger charge is 2.34. The van der Waals surface area contributed by atoms with Crippen molar-refractivity contribution in [3.8, 4) is 11.5 Å². The van der Waals surface area contributed by atoms with Crippen molar-refractivity contribution < 1.29 is 38.1 Å². The molecule has 0 bridgehead atoms. The fourth-order valence-corrected chi connectivity index (χ4v) is 3.92. The van der Waals surface area contributed by atoms with Crippen LogP contribution in [-0.2, 0) is 9.47 Å². The van der Waals surface area contributed by atoms with Crippen LogP contribution in [0.3, 0.4) is 0 Å². The lowest BCUT2D eigenvalue weighted by Gasteiger charge is -2.20. The molecule has 0 aliphatic heterocycles. The minimum atomic E-state index is -1.01. The van der Waals surface area contributed by atoms with Gasteiger partial charge in [-0.3, -0.25) is 9.59 Å². The molecule has 0 N–H and O–H groups in total. The molecule has 192 valence electrons. The third-order valence-electron chi connectivity index (χ3n) is 5.79. The van der Waals surface area contributed by atoms with E-state index in [1.54, 1.807) is 18.2 Å². The van der Waals surface area contributed by atoms with E-state index in [4.69, 9.17) is 18.9 Å². The van der Waals surface area contributed by atoms with E-state index >= 15 is 0 Å². The Morgan fingerprint density at radius 1 is 0.667 bits per heavy atom. The largest absolute Gasteiger partial charge is 0.513 e. The van der Waals surface area contributed by atoms with Gasteiger partial charge in [-0.2, -0.15) is 0 Å². The lowest BCUT2D eigenvalue weighted by molar-refractivity contribution is 0.0926. The first-order valence-corrected chi connectivity index (χ1v) is 12.5. The first-order chi connectivity index (χ1) is 17.5. The van der Waals surface area contributed by atoms with Crippen LogP contribution in [0.2, 0.25) is 0 Å². The molecule has 0 amide bonds. The van der Waals surface area contributed by atoms with Crippen molar-refractivity contribution in [3.05, 3.63) is 58.7 Å². The van der Waals surface area contributed by atoms with Crippen molar-refractivity contribution in [1.29, 1.82) is 0 Å². The number of carbonyl (C=O) groups is 4. The predicted molar refractivity (Wildman–Crippen MR) is 132 cm³/mol. The van der Waals surface area contributed by atoms with Crippen molar-refractivity contribution in [1.82, 2.24) is 0 Å². The second kappa shape index (κ2) is 13.4. The molecule has 2 aromatic carbocycles. The van der Waals surface area contributed by atoms with E-state index in [0.29, 0.717) is 12.8 Å². The average Bonchev–Trinajstić information content (AvgIpc) is 2.87. The maximum atomic E-state index is 13.2. The monoisotopic (exact) mass is 496 g/mol. The highest BCUT2D eigenvalue weighted by atomic mass is 16.7. The SMILES string of the molecule is CCCCCCOC(=O)Oc1cc(OC(=O)OCCCCCC)c2c(c1)C(=O)c1ccccc1C2=O. The fraction of sp³-hybridized carbons (Fsp3) is 0.429. The van der Waals surface area contributed by atoms with Crippen LogP contribution in [0, 0.1) is 0 Å². The molecule has 3 rings (SSSR count). The molecule has 2 aromatic rings. The summed E-state index contributed by atoms with van der Waals surface area (Å²) in [4.78, 5) is 51.0. The minimum Gasteiger partial charge on any atom is -0.434 e. The van der Waals surface area contributed by atoms with Gasteiger partial charge in [0.05, 0.1) is 18.8 Å². The summed E-state index contributed by atoms with van der Waals surface area (Å²) >= 11 is 0. The van der Waals surface area contributed by atoms with Crippen LogP contribution in [0.1, 0.15) is 97.1 Å². The van der Waals surface area contributed by atoms with Crippen LogP contribution in [0.25, 0.3) is 0 Å². The smallest absolute Gasteiger partial charge is 0.434 e. The van der Waals surface area contributed by atoms with Crippen LogP contribution in [-0.4, -0.2) is 37.1 Å². The molecule has 0 unspecified atom stereocenters. The molecule has 0 aromatic heterocycles. The van der Waals surface area contributed by atoms with Gasteiger partial charge in [0.15, 0.2) is 11.6 Å². The highest BCUT2D eigenvalue weighted by Crippen LogP contribution is 2.37. The zero-order chi connectivity index (χ0) is 25.9. The van der Waals surface area contributed by atoms with E-state index in [1.165, 1.54) is 18.2 Å². The number of unbranched alkanes of at least 4 members (excludes halogenated alkanes) is 6. The number of fused-ring (bicyclic) bond motifs is 2. The molecule has 0 radical (unpaired) electrons. The van der Waals surface area contributed by atoms with E-state index in [2.05, 4.69) is 13.8 Å². The normalized spacial score (nSPS) is 11.9. The quantitative estimate of drug-likeness (QED) is 0.156. The number of rotatable bonds is 12. The molecule has 1 aliphatic carbocycles. The van der Waals surface area contributed by atoms with Gasteiger partial charge in [-0.25, -0.2) is 9.59 Å². The second-order valence-electron chi connectivity index (χ2n) is 8.57. The molecule has 0 fully saturated rings. The summed E-state index contributed by atoms with van der Waals surface area (Å²) in [6.07, 6.45) is 5.42. The summed E-state index contributed by atoms with van der Waals surface area (Å²) in [6, 6.07) is 8.88. The second-order valence-corrected chi connectivity index (χ2v) is 8.57. The van der Waals surface area contributed by atoms with Crippen LogP contribution in [0.4, 0.5) is 9.59 Å². The topological polar surface area (TPSA) is 105 Å². The Morgan fingerprint density at radius 3 is 1.81 bits per heavy atom. The molecule has 0 saturated heterocycles. The number of hydrogen-bond acceptors (Lipinski definition) is 8. The first kappa shape index (κ1) is 26.9. The van der Waals surface area contributed by atoms with Gasteiger partial charge in [0.2, 0.25) is 0 Å². The summed E-state index contributed by atoms with van der Waals surface area (Å²) in [6.45, 7) is 4.52. The molecule has 1 aliphatic rings. The number of ether oxygens (including phenoxy) is 4. The van der Waals surface area contributed by atoms with Crippen molar-refractivity contribution in [2.24, 2.45) is 0 Å². The molecule has 8 heteroatoms. The number of ketones is 2. The van der Waals surface area contributed by atoms with E-state index in [-0.39, 0.29) is 47.0 Å². The van der Waals surface area contributed by atoms with Crippen molar-refractivity contribution >= 4 is 23.9 Å². The van der Waals surface area contributed by atoms with Crippen LogP contribution in [0.15, 0.2) is 36.4 Å². The Morgan fingerprint density at radius 2 is 1.22 bits per heavy atom. The minimum absolute atomic E-state index is 0.0299. The van der Waals surface area contributed by atoms with Crippen molar-refractivity contribution in [2.45, 2.75) is 65.2 Å². The van der Waals surface area contributed by atoms with Crippen LogP contribution >= 0.6 is 0 Å². The summed E-state index contributed by atoms with van der Waals surface area (Å²) < 4.78 is 20.8. The van der Waals surface area contributed by atoms with E-state index in [0.717, 1.165) is 38.5 Å².